The van der Waals surface area contributed by atoms with Crippen molar-refractivity contribution in [2.24, 2.45) is 5.14 Å². The maximum atomic E-state index is 12.3. The van der Waals surface area contributed by atoms with Crippen LogP contribution in [0, 0.1) is 0 Å². The number of primary sulfonamides is 1. The third-order valence-corrected chi connectivity index (χ3v) is 5.30. The van der Waals surface area contributed by atoms with Crippen LogP contribution in [0.3, 0.4) is 0 Å². The van der Waals surface area contributed by atoms with E-state index in [1.165, 1.54) is 29.5 Å². The molecule has 128 valence electrons. The second-order valence-electron chi connectivity index (χ2n) is 5.07. The van der Waals surface area contributed by atoms with E-state index in [0.717, 1.165) is 5.56 Å². The molecular formula is C16H12ClN3O3S2. The second kappa shape index (κ2) is 6.93. The van der Waals surface area contributed by atoms with Crippen LogP contribution in [-0.2, 0) is 10.0 Å². The van der Waals surface area contributed by atoms with Crippen molar-refractivity contribution >= 4 is 44.6 Å². The second-order valence-corrected chi connectivity index (χ2v) is 7.93. The van der Waals surface area contributed by atoms with Crippen molar-refractivity contribution in [2.45, 2.75) is 4.90 Å². The Balaban J connectivity index is 1.80. The van der Waals surface area contributed by atoms with Crippen molar-refractivity contribution in [2.75, 3.05) is 5.32 Å². The van der Waals surface area contributed by atoms with Gasteiger partial charge in [0.25, 0.3) is 5.91 Å². The Morgan fingerprint density at radius 3 is 2.56 bits per heavy atom. The minimum absolute atomic E-state index is 0.0783. The lowest BCUT2D eigenvalue weighted by Gasteiger charge is -2.05. The average molecular weight is 394 g/mol. The van der Waals surface area contributed by atoms with Crippen LogP contribution in [0.25, 0.3) is 10.6 Å². The number of thiazole rings is 1. The minimum Gasteiger partial charge on any atom is -0.321 e. The van der Waals surface area contributed by atoms with Gasteiger partial charge in [0.1, 0.15) is 10.7 Å². The molecule has 0 aliphatic rings. The van der Waals surface area contributed by atoms with E-state index >= 15 is 0 Å². The first-order valence-corrected chi connectivity index (χ1v) is 9.79. The van der Waals surface area contributed by atoms with Gasteiger partial charge in [0.2, 0.25) is 10.0 Å². The molecule has 2 aromatic carbocycles. The Labute approximate surface area is 153 Å². The molecule has 0 saturated carbocycles. The summed E-state index contributed by atoms with van der Waals surface area (Å²) in [5, 5.41) is 10.6. The Morgan fingerprint density at radius 2 is 1.88 bits per heavy atom. The number of hydrogen-bond acceptors (Lipinski definition) is 5. The molecule has 1 amide bonds. The molecular weight excluding hydrogens is 382 g/mol. The quantitative estimate of drug-likeness (QED) is 0.709. The van der Waals surface area contributed by atoms with Gasteiger partial charge in [-0.25, -0.2) is 18.5 Å². The summed E-state index contributed by atoms with van der Waals surface area (Å²) >= 11 is 7.18. The molecule has 0 aliphatic carbocycles. The predicted octanol–water partition coefficient (Wildman–Crippen LogP) is 3.36. The molecule has 1 aromatic heterocycles. The minimum atomic E-state index is -3.84. The van der Waals surface area contributed by atoms with Crippen LogP contribution in [0.2, 0.25) is 5.02 Å². The number of carbonyl (C=O) groups is 1. The summed E-state index contributed by atoms with van der Waals surface area (Å²) in [6, 6.07) is 12.8. The highest BCUT2D eigenvalue weighted by molar-refractivity contribution is 7.89. The third kappa shape index (κ3) is 4.23. The van der Waals surface area contributed by atoms with Gasteiger partial charge in [-0.3, -0.25) is 4.79 Å². The average Bonchev–Trinajstić information content (AvgIpc) is 3.05. The zero-order chi connectivity index (χ0) is 18.0. The van der Waals surface area contributed by atoms with E-state index in [2.05, 4.69) is 10.3 Å². The number of anilines is 1. The molecule has 0 saturated heterocycles. The monoisotopic (exact) mass is 393 g/mol. The predicted molar refractivity (Wildman–Crippen MR) is 98.3 cm³/mol. The summed E-state index contributed by atoms with van der Waals surface area (Å²) in [5.41, 5.74) is 1.40. The molecule has 9 heteroatoms. The highest BCUT2D eigenvalue weighted by Gasteiger charge is 2.14. The number of aromatic nitrogens is 1. The summed E-state index contributed by atoms with van der Waals surface area (Å²) in [7, 11) is -3.84. The van der Waals surface area contributed by atoms with Gasteiger partial charge in [0.05, 0.1) is 4.90 Å². The lowest BCUT2D eigenvalue weighted by Crippen LogP contribution is -2.15. The Hall–Kier alpha value is -2.26. The van der Waals surface area contributed by atoms with E-state index in [-0.39, 0.29) is 10.6 Å². The van der Waals surface area contributed by atoms with Gasteiger partial charge in [-0.15, -0.1) is 11.3 Å². The summed E-state index contributed by atoms with van der Waals surface area (Å²) in [4.78, 5) is 16.5. The zero-order valence-corrected chi connectivity index (χ0v) is 15.0. The highest BCUT2D eigenvalue weighted by Crippen LogP contribution is 2.25. The van der Waals surface area contributed by atoms with Crippen LogP contribution in [0.15, 0.2) is 58.8 Å². The molecule has 3 rings (SSSR count). The van der Waals surface area contributed by atoms with Crippen molar-refractivity contribution < 1.29 is 13.2 Å². The van der Waals surface area contributed by atoms with Crippen molar-refractivity contribution in [1.29, 1.82) is 0 Å². The third-order valence-electron chi connectivity index (χ3n) is 3.25. The lowest BCUT2D eigenvalue weighted by molar-refractivity contribution is 0.102. The van der Waals surface area contributed by atoms with E-state index in [1.807, 2.05) is 12.1 Å². The standard InChI is InChI=1S/C16H12ClN3O3S2/c17-11-6-4-10(5-7-11)16-20-14(9-24-16)15(21)19-12-2-1-3-13(8-12)25(18,22)23/h1-9H,(H,19,21)(H2,18,22,23). The molecule has 0 spiro atoms. The highest BCUT2D eigenvalue weighted by atomic mass is 35.5. The van der Waals surface area contributed by atoms with Gasteiger partial charge >= 0.3 is 0 Å². The number of nitrogens with two attached hydrogens (primary N) is 1. The normalized spacial score (nSPS) is 11.3. The van der Waals surface area contributed by atoms with Gasteiger partial charge in [-0.2, -0.15) is 0 Å². The van der Waals surface area contributed by atoms with Gasteiger partial charge in [0.15, 0.2) is 0 Å². The zero-order valence-electron chi connectivity index (χ0n) is 12.6. The Kier molecular flexibility index (Phi) is 4.87. The smallest absolute Gasteiger partial charge is 0.275 e. The fraction of sp³-hybridized carbons (Fsp3) is 0. The van der Waals surface area contributed by atoms with Gasteiger partial charge in [0, 0.05) is 21.7 Å². The summed E-state index contributed by atoms with van der Waals surface area (Å²) < 4.78 is 22.7. The number of nitrogens with one attached hydrogen (secondary N) is 1. The topological polar surface area (TPSA) is 102 Å². The number of hydrogen-bond donors (Lipinski definition) is 2. The maximum Gasteiger partial charge on any atom is 0.275 e. The van der Waals surface area contributed by atoms with Crippen molar-refractivity contribution in [1.82, 2.24) is 4.98 Å². The molecule has 0 radical (unpaired) electrons. The number of rotatable bonds is 4. The molecule has 1 heterocycles. The van der Waals surface area contributed by atoms with Crippen LogP contribution >= 0.6 is 22.9 Å². The van der Waals surface area contributed by atoms with Crippen LogP contribution in [0.1, 0.15) is 10.5 Å². The molecule has 0 bridgehead atoms. The molecule has 0 aliphatic heterocycles. The SMILES string of the molecule is NS(=O)(=O)c1cccc(NC(=O)c2csc(-c3ccc(Cl)cc3)n2)c1. The van der Waals surface area contributed by atoms with Gasteiger partial charge in [-0.05, 0) is 30.3 Å². The molecule has 6 nitrogen and oxygen atoms in total. The number of benzene rings is 2. The fourth-order valence-electron chi connectivity index (χ4n) is 2.05. The summed E-state index contributed by atoms with van der Waals surface area (Å²) in [6.07, 6.45) is 0. The molecule has 25 heavy (non-hydrogen) atoms. The largest absolute Gasteiger partial charge is 0.321 e. The Bertz CT molecular complexity index is 1030. The maximum absolute atomic E-state index is 12.3. The molecule has 3 aromatic rings. The first kappa shape index (κ1) is 17.6. The molecule has 3 N–H and O–H groups in total. The first-order valence-electron chi connectivity index (χ1n) is 6.98. The van der Waals surface area contributed by atoms with Crippen LogP contribution in [0.4, 0.5) is 5.69 Å². The number of nitrogens with zero attached hydrogens (tertiary/aromatic N) is 1. The van der Waals surface area contributed by atoms with Gasteiger partial charge in [-0.1, -0.05) is 29.8 Å². The molecule has 0 unspecified atom stereocenters. The fourth-order valence-corrected chi connectivity index (χ4v) is 3.54. The van der Waals surface area contributed by atoms with Crippen molar-refractivity contribution in [3.63, 3.8) is 0 Å². The molecule has 0 fully saturated rings. The lowest BCUT2D eigenvalue weighted by atomic mass is 10.2. The summed E-state index contributed by atoms with van der Waals surface area (Å²) in [6.45, 7) is 0. The van der Waals surface area contributed by atoms with Crippen LogP contribution < -0.4 is 10.5 Å². The van der Waals surface area contributed by atoms with E-state index in [0.29, 0.717) is 15.7 Å². The first-order chi connectivity index (χ1) is 11.8. The van der Waals surface area contributed by atoms with E-state index < -0.39 is 15.9 Å². The van der Waals surface area contributed by atoms with Crippen LogP contribution in [0.5, 0.6) is 0 Å². The van der Waals surface area contributed by atoms with Crippen molar-refractivity contribution in [3.05, 3.63) is 64.6 Å². The number of sulfonamides is 1. The molecule has 0 atom stereocenters. The van der Waals surface area contributed by atoms with Gasteiger partial charge < -0.3 is 5.32 Å². The number of amides is 1. The summed E-state index contributed by atoms with van der Waals surface area (Å²) in [5.74, 6) is -0.442. The van der Waals surface area contributed by atoms with E-state index in [4.69, 9.17) is 16.7 Å². The Morgan fingerprint density at radius 1 is 1.16 bits per heavy atom. The van der Waals surface area contributed by atoms with Crippen LogP contribution in [-0.4, -0.2) is 19.3 Å². The number of carbonyl (C=O) groups excluding carboxylic acids is 1. The van der Waals surface area contributed by atoms with Crippen molar-refractivity contribution in [3.8, 4) is 10.6 Å². The van der Waals surface area contributed by atoms with E-state index in [1.54, 1.807) is 23.6 Å². The van der Waals surface area contributed by atoms with E-state index in [9.17, 15) is 13.2 Å². The number of halogens is 1.